The van der Waals surface area contributed by atoms with Gasteiger partial charge in [0, 0.05) is 23.2 Å². The molecule has 6 nitrogen and oxygen atoms in total. The molecule has 0 radical (unpaired) electrons. The Morgan fingerprint density at radius 1 is 1.22 bits per heavy atom. The maximum absolute atomic E-state index is 12.0. The smallest absolute Gasteiger partial charge is 0.411 e. The van der Waals surface area contributed by atoms with Crippen molar-refractivity contribution in [3.63, 3.8) is 0 Å². The minimum atomic E-state index is -0.462. The van der Waals surface area contributed by atoms with Crippen molar-refractivity contribution in [2.24, 2.45) is 5.92 Å². The number of aromatic nitrogens is 1. The van der Waals surface area contributed by atoms with Gasteiger partial charge in [-0.25, -0.2) is 4.79 Å². The third-order valence-electron chi connectivity index (χ3n) is 5.79. The molecule has 1 aliphatic rings. The predicted octanol–water partition coefficient (Wildman–Crippen LogP) is 6.51. The molecular formula is C26H29N3O3. The molecule has 2 aromatic carbocycles. The zero-order chi connectivity index (χ0) is 22.7. The highest BCUT2D eigenvalue weighted by Gasteiger charge is 2.28. The molecule has 4 rings (SSSR count). The first-order chi connectivity index (χ1) is 15.5. The predicted molar refractivity (Wildman–Crippen MR) is 126 cm³/mol. The van der Waals surface area contributed by atoms with Gasteiger partial charge in [-0.2, -0.15) is 5.26 Å². The second kappa shape index (κ2) is 9.35. The Hall–Kier alpha value is -3.46. The van der Waals surface area contributed by atoms with Crippen molar-refractivity contribution in [1.29, 1.82) is 5.26 Å². The minimum absolute atomic E-state index is 0.282. The van der Waals surface area contributed by atoms with Gasteiger partial charge in [-0.3, -0.25) is 5.32 Å². The van der Waals surface area contributed by atoms with E-state index in [1.807, 2.05) is 63.2 Å². The van der Waals surface area contributed by atoms with E-state index in [1.54, 1.807) is 0 Å². The molecule has 1 N–H and O–H groups in total. The highest BCUT2D eigenvalue weighted by atomic mass is 16.5. The number of hydrogen-bond donors (Lipinski definition) is 1. The van der Waals surface area contributed by atoms with E-state index in [9.17, 15) is 10.1 Å². The molecule has 1 heterocycles. The largest absolute Gasteiger partial charge is 0.494 e. The molecule has 166 valence electrons. The number of anilines is 1. The number of nitrogens with zero attached hydrogens (tertiary/aromatic N) is 2. The molecule has 0 spiro atoms. The lowest BCUT2D eigenvalue weighted by atomic mass is 9.92. The summed E-state index contributed by atoms with van der Waals surface area (Å²) in [5.74, 6) is 1.10. The van der Waals surface area contributed by atoms with Crippen LogP contribution < -0.4 is 10.1 Å². The molecule has 0 bridgehead atoms. The second-order valence-electron chi connectivity index (χ2n) is 8.60. The van der Waals surface area contributed by atoms with E-state index in [2.05, 4.69) is 16.0 Å². The van der Waals surface area contributed by atoms with Crippen molar-refractivity contribution in [1.82, 2.24) is 4.57 Å². The second-order valence-corrected chi connectivity index (χ2v) is 8.60. The van der Waals surface area contributed by atoms with Gasteiger partial charge in [0.25, 0.3) is 0 Å². The Morgan fingerprint density at radius 3 is 2.56 bits per heavy atom. The van der Waals surface area contributed by atoms with Crippen LogP contribution in [0.2, 0.25) is 0 Å². The molecule has 1 fully saturated rings. The molecule has 6 heteroatoms. The summed E-state index contributed by atoms with van der Waals surface area (Å²) in [6, 6.07) is 16.4. The highest BCUT2D eigenvalue weighted by Crippen LogP contribution is 2.43. The number of fused-ring (bicyclic) bond motifs is 1. The number of carbonyl (C=O) groups is 1. The van der Waals surface area contributed by atoms with Crippen LogP contribution in [0.1, 0.15) is 51.6 Å². The van der Waals surface area contributed by atoms with Crippen molar-refractivity contribution in [3.8, 4) is 23.1 Å². The lowest BCUT2D eigenvalue weighted by Gasteiger charge is -2.30. The normalized spacial score (nSPS) is 13.6. The number of nitriles is 1. The van der Waals surface area contributed by atoms with Gasteiger partial charge in [-0.15, -0.1) is 0 Å². The Labute approximate surface area is 188 Å². The molecule has 3 aromatic rings. The molecule has 1 amide bonds. The number of amides is 1. The fourth-order valence-corrected chi connectivity index (χ4v) is 4.08. The summed E-state index contributed by atoms with van der Waals surface area (Å²) in [6.07, 6.45) is 2.93. The number of rotatable bonds is 7. The molecule has 1 aromatic heterocycles. The van der Waals surface area contributed by atoms with Gasteiger partial charge in [0.2, 0.25) is 0 Å². The molecule has 0 atom stereocenters. The van der Waals surface area contributed by atoms with Crippen LogP contribution in [-0.4, -0.2) is 23.9 Å². The molecule has 0 unspecified atom stereocenters. The molecule has 32 heavy (non-hydrogen) atoms. The zero-order valence-electron chi connectivity index (χ0n) is 18.9. The lowest BCUT2D eigenvalue weighted by Crippen LogP contribution is -2.18. The van der Waals surface area contributed by atoms with Crippen LogP contribution in [0.5, 0.6) is 5.75 Å². The van der Waals surface area contributed by atoms with Crippen molar-refractivity contribution < 1.29 is 14.3 Å². The van der Waals surface area contributed by atoms with Gasteiger partial charge in [0.1, 0.15) is 11.8 Å². The summed E-state index contributed by atoms with van der Waals surface area (Å²) in [5, 5.41) is 13.8. The topological polar surface area (TPSA) is 76.3 Å². The summed E-state index contributed by atoms with van der Waals surface area (Å²) in [5.41, 5.74) is 4.24. The van der Waals surface area contributed by atoms with Gasteiger partial charge < -0.3 is 14.0 Å². The zero-order valence-corrected chi connectivity index (χ0v) is 18.9. The molecular weight excluding hydrogens is 402 g/mol. The third kappa shape index (κ3) is 4.29. The van der Waals surface area contributed by atoms with Crippen molar-refractivity contribution in [3.05, 3.63) is 48.0 Å². The number of hydrogen-bond acceptors (Lipinski definition) is 4. The first-order valence-electron chi connectivity index (χ1n) is 11.3. The van der Waals surface area contributed by atoms with Crippen LogP contribution in [0.3, 0.4) is 0 Å². The number of nitrogens with one attached hydrogen (secondary N) is 1. The molecule has 0 aliphatic heterocycles. The lowest BCUT2D eigenvalue weighted by molar-refractivity contribution is 0.147. The van der Waals surface area contributed by atoms with E-state index in [1.165, 1.54) is 6.42 Å². The van der Waals surface area contributed by atoms with E-state index in [-0.39, 0.29) is 5.92 Å². The third-order valence-corrected chi connectivity index (χ3v) is 5.79. The Bertz CT molecular complexity index is 1150. The SMILES string of the molecule is CCOc1ccc2c(C#N)c(-c3ccc(NC(=O)OCC(C)C)cc3)n(C3CCC3)c2c1. The summed E-state index contributed by atoms with van der Waals surface area (Å²) < 4.78 is 13.2. The number of ether oxygens (including phenoxy) is 2. The van der Waals surface area contributed by atoms with Gasteiger partial charge in [-0.1, -0.05) is 26.0 Å². The standard InChI is InChI=1S/C26H29N3O3/c1-4-31-21-12-13-22-23(15-27)25(29(24(22)14-21)20-6-5-7-20)18-8-10-19(11-9-18)28-26(30)32-16-17(2)3/h8-14,17,20H,4-7,16H2,1-3H3,(H,28,30). The van der Waals surface area contributed by atoms with Crippen LogP contribution in [0.15, 0.2) is 42.5 Å². The first kappa shape index (κ1) is 21.8. The van der Waals surface area contributed by atoms with Crippen molar-refractivity contribution in [2.45, 2.75) is 46.1 Å². The maximum Gasteiger partial charge on any atom is 0.411 e. The van der Waals surface area contributed by atoms with Crippen molar-refractivity contribution in [2.75, 3.05) is 18.5 Å². The Kier molecular flexibility index (Phi) is 6.36. The Morgan fingerprint density at radius 2 is 1.97 bits per heavy atom. The summed E-state index contributed by atoms with van der Waals surface area (Å²) in [6.45, 7) is 6.93. The molecule has 1 saturated carbocycles. The van der Waals surface area contributed by atoms with E-state index in [0.29, 0.717) is 30.5 Å². The maximum atomic E-state index is 12.0. The van der Waals surface area contributed by atoms with Gasteiger partial charge in [-0.05, 0) is 61.9 Å². The molecule has 1 aliphatic carbocycles. The monoisotopic (exact) mass is 431 g/mol. The van der Waals surface area contributed by atoms with Gasteiger partial charge in [0.15, 0.2) is 0 Å². The minimum Gasteiger partial charge on any atom is -0.494 e. The van der Waals surface area contributed by atoms with Crippen LogP contribution >= 0.6 is 0 Å². The average Bonchev–Trinajstić information content (AvgIpc) is 3.05. The van der Waals surface area contributed by atoms with Gasteiger partial charge >= 0.3 is 6.09 Å². The fraction of sp³-hybridized carbons (Fsp3) is 0.385. The number of carbonyl (C=O) groups excluding carboxylic acids is 1. The highest BCUT2D eigenvalue weighted by molar-refractivity contribution is 5.96. The quantitative estimate of drug-likeness (QED) is 0.463. The van der Waals surface area contributed by atoms with E-state index in [0.717, 1.165) is 40.8 Å². The Balaban J connectivity index is 1.72. The number of benzene rings is 2. The van der Waals surface area contributed by atoms with E-state index >= 15 is 0 Å². The van der Waals surface area contributed by atoms with E-state index < -0.39 is 6.09 Å². The van der Waals surface area contributed by atoms with Crippen molar-refractivity contribution >= 4 is 22.7 Å². The van der Waals surface area contributed by atoms with Crippen LogP contribution in [-0.2, 0) is 4.74 Å². The fourth-order valence-electron chi connectivity index (χ4n) is 4.08. The van der Waals surface area contributed by atoms with Gasteiger partial charge in [0.05, 0.1) is 30.0 Å². The van der Waals surface area contributed by atoms with Crippen LogP contribution in [0.25, 0.3) is 22.2 Å². The molecule has 0 saturated heterocycles. The summed E-state index contributed by atoms with van der Waals surface area (Å²) >= 11 is 0. The average molecular weight is 432 g/mol. The van der Waals surface area contributed by atoms with E-state index in [4.69, 9.17) is 9.47 Å². The summed E-state index contributed by atoms with van der Waals surface area (Å²) in [4.78, 5) is 12.0. The summed E-state index contributed by atoms with van der Waals surface area (Å²) in [7, 11) is 0. The van der Waals surface area contributed by atoms with Crippen LogP contribution in [0.4, 0.5) is 10.5 Å². The van der Waals surface area contributed by atoms with Crippen LogP contribution in [0, 0.1) is 17.2 Å². The first-order valence-corrected chi connectivity index (χ1v) is 11.3.